The third kappa shape index (κ3) is 2.97. The van der Waals surface area contributed by atoms with Gasteiger partial charge >= 0.3 is 0 Å². The third-order valence-corrected chi connectivity index (χ3v) is 3.99. The molecule has 0 N–H and O–H groups in total. The minimum atomic E-state index is -0.217. The number of nitrogens with zero attached hydrogens (tertiary/aromatic N) is 1. The van der Waals surface area contributed by atoms with Gasteiger partial charge in [0, 0.05) is 30.8 Å². The highest BCUT2D eigenvalue weighted by molar-refractivity contribution is 5.96. The monoisotopic (exact) mass is 283 g/mol. The average molecular weight is 283 g/mol. The maximum Gasteiger partial charge on any atom is 0.164 e. The molecule has 21 heavy (non-hydrogen) atoms. The summed E-state index contributed by atoms with van der Waals surface area (Å²) in [5.74, 6) is -0.0748. The number of carbonyl (C=O) groups is 1. The standard InChI is InChI=1S/C18H18FNO/c1-13-3-2-4-15(11-13)18(21)8-10-20-9-7-14-5-6-16(19)12-17(14)20/h2-6,11-12H,7-10H2,1H3. The van der Waals surface area contributed by atoms with Crippen LogP contribution in [0.25, 0.3) is 0 Å². The summed E-state index contributed by atoms with van der Waals surface area (Å²) in [5.41, 5.74) is 3.95. The lowest BCUT2D eigenvalue weighted by Crippen LogP contribution is -2.24. The summed E-state index contributed by atoms with van der Waals surface area (Å²) < 4.78 is 13.3. The quantitative estimate of drug-likeness (QED) is 0.796. The summed E-state index contributed by atoms with van der Waals surface area (Å²) >= 11 is 0. The highest BCUT2D eigenvalue weighted by Gasteiger charge is 2.20. The highest BCUT2D eigenvalue weighted by atomic mass is 19.1. The summed E-state index contributed by atoms with van der Waals surface area (Å²) in [4.78, 5) is 14.3. The molecule has 0 bridgehead atoms. The lowest BCUT2D eigenvalue weighted by atomic mass is 10.1. The number of fused-ring (bicyclic) bond motifs is 1. The molecule has 108 valence electrons. The molecule has 2 nitrogen and oxygen atoms in total. The molecule has 0 radical (unpaired) electrons. The van der Waals surface area contributed by atoms with E-state index >= 15 is 0 Å². The van der Waals surface area contributed by atoms with E-state index in [2.05, 4.69) is 4.90 Å². The average Bonchev–Trinajstić information content (AvgIpc) is 2.87. The van der Waals surface area contributed by atoms with Gasteiger partial charge in [-0.1, -0.05) is 29.8 Å². The molecule has 2 aromatic carbocycles. The van der Waals surface area contributed by atoms with Gasteiger partial charge in [-0.25, -0.2) is 4.39 Å². The van der Waals surface area contributed by atoms with Gasteiger partial charge in [-0.15, -0.1) is 0 Å². The van der Waals surface area contributed by atoms with Crippen LogP contribution >= 0.6 is 0 Å². The number of hydrogen-bond acceptors (Lipinski definition) is 2. The van der Waals surface area contributed by atoms with Gasteiger partial charge in [0.25, 0.3) is 0 Å². The van der Waals surface area contributed by atoms with Crippen LogP contribution in [-0.4, -0.2) is 18.9 Å². The van der Waals surface area contributed by atoms with Crippen LogP contribution in [0.3, 0.4) is 0 Å². The number of benzene rings is 2. The van der Waals surface area contributed by atoms with E-state index in [0.29, 0.717) is 13.0 Å². The van der Waals surface area contributed by atoms with E-state index in [1.807, 2.05) is 37.3 Å². The molecular weight excluding hydrogens is 265 g/mol. The molecule has 1 aliphatic heterocycles. The summed E-state index contributed by atoms with van der Waals surface area (Å²) in [7, 11) is 0. The molecular formula is C18H18FNO. The second-order valence-electron chi connectivity index (χ2n) is 5.55. The summed E-state index contributed by atoms with van der Waals surface area (Å²) in [6, 6.07) is 12.6. The van der Waals surface area contributed by atoms with Gasteiger partial charge in [-0.2, -0.15) is 0 Å². The maximum absolute atomic E-state index is 13.3. The molecule has 0 atom stereocenters. The molecule has 0 saturated carbocycles. The van der Waals surface area contributed by atoms with Gasteiger partial charge in [0.05, 0.1) is 0 Å². The first-order chi connectivity index (χ1) is 10.1. The van der Waals surface area contributed by atoms with E-state index in [4.69, 9.17) is 0 Å². The molecule has 0 amide bonds. The molecule has 3 heteroatoms. The Hall–Kier alpha value is -2.16. The fourth-order valence-electron chi connectivity index (χ4n) is 2.85. The van der Waals surface area contributed by atoms with Gasteiger partial charge in [0.15, 0.2) is 5.78 Å². The number of rotatable bonds is 4. The third-order valence-electron chi connectivity index (χ3n) is 3.99. The Bertz CT molecular complexity index is 681. The Balaban J connectivity index is 1.67. The molecule has 0 aromatic heterocycles. The van der Waals surface area contributed by atoms with Crippen molar-refractivity contribution in [2.24, 2.45) is 0 Å². The second kappa shape index (κ2) is 5.68. The summed E-state index contributed by atoms with van der Waals surface area (Å²) in [6.07, 6.45) is 1.38. The highest BCUT2D eigenvalue weighted by Crippen LogP contribution is 2.28. The molecule has 0 fully saturated rings. The number of halogens is 1. The zero-order valence-corrected chi connectivity index (χ0v) is 12.1. The van der Waals surface area contributed by atoms with Gasteiger partial charge in [0.2, 0.25) is 0 Å². The van der Waals surface area contributed by atoms with E-state index in [9.17, 15) is 9.18 Å². The van der Waals surface area contributed by atoms with Crippen LogP contribution in [0.5, 0.6) is 0 Å². The zero-order chi connectivity index (χ0) is 14.8. The summed E-state index contributed by atoms with van der Waals surface area (Å²) in [5, 5.41) is 0. The van der Waals surface area contributed by atoms with Crippen LogP contribution < -0.4 is 4.90 Å². The topological polar surface area (TPSA) is 20.3 Å². The van der Waals surface area contributed by atoms with Crippen molar-refractivity contribution in [1.82, 2.24) is 0 Å². The summed E-state index contributed by atoms with van der Waals surface area (Å²) in [6.45, 7) is 3.49. The minimum absolute atomic E-state index is 0.142. The lowest BCUT2D eigenvalue weighted by molar-refractivity contribution is 0.0984. The van der Waals surface area contributed by atoms with Gasteiger partial charge in [-0.05, 0) is 37.1 Å². The molecule has 2 aromatic rings. The Morgan fingerprint density at radius 2 is 2.10 bits per heavy atom. The number of ketones is 1. The lowest BCUT2D eigenvalue weighted by Gasteiger charge is -2.19. The Morgan fingerprint density at radius 3 is 2.90 bits per heavy atom. The number of anilines is 1. The molecule has 1 aliphatic rings. The SMILES string of the molecule is Cc1cccc(C(=O)CCN2CCc3ccc(F)cc32)c1. The Morgan fingerprint density at radius 1 is 1.24 bits per heavy atom. The normalized spacial score (nSPS) is 13.3. The molecule has 0 unspecified atom stereocenters. The Labute approximate surface area is 124 Å². The number of Topliss-reactive ketones (excluding diaryl/α,β-unsaturated/α-hetero) is 1. The fraction of sp³-hybridized carbons (Fsp3) is 0.278. The minimum Gasteiger partial charge on any atom is -0.370 e. The van der Waals surface area contributed by atoms with Crippen LogP contribution in [0, 0.1) is 12.7 Å². The first kappa shape index (κ1) is 13.8. The molecule has 0 saturated heterocycles. The molecule has 1 heterocycles. The van der Waals surface area contributed by atoms with Gasteiger partial charge in [-0.3, -0.25) is 4.79 Å². The van der Waals surface area contributed by atoms with Crippen molar-refractivity contribution in [3.8, 4) is 0 Å². The zero-order valence-electron chi connectivity index (χ0n) is 12.1. The van der Waals surface area contributed by atoms with E-state index in [1.165, 1.54) is 11.6 Å². The van der Waals surface area contributed by atoms with Crippen LogP contribution in [0.2, 0.25) is 0 Å². The smallest absolute Gasteiger partial charge is 0.164 e. The van der Waals surface area contributed by atoms with Crippen LogP contribution in [0.4, 0.5) is 10.1 Å². The van der Waals surface area contributed by atoms with Crippen molar-refractivity contribution < 1.29 is 9.18 Å². The van der Waals surface area contributed by atoms with E-state index in [-0.39, 0.29) is 11.6 Å². The van der Waals surface area contributed by atoms with Crippen molar-refractivity contribution in [2.75, 3.05) is 18.0 Å². The van der Waals surface area contributed by atoms with Crippen LogP contribution in [0.1, 0.15) is 27.9 Å². The van der Waals surface area contributed by atoms with E-state index in [0.717, 1.165) is 29.8 Å². The fourth-order valence-corrected chi connectivity index (χ4v) is 2.85. The second-order valence-corrected chi connectivity index (χ2v) is 5.55. The molecule has 0 spiro atoms. The number of aryl methyl sites for hydroxylation is 1. The first-order valence-electron chi connectivity index (χ1n) is 7.27. The van der Waals surface area contributed by atoms with Crippen molar-refractivity contribution in [3.63, 3.8) is 0 Å². The van der Waals surface area contributed by atoms with Gasteiger partial charge < -0.3 is 4.90 Å². The number of carbonyl (C=O) groups excluding carboxylic acids is 1. The maximum atomic E-state index is 13.3. The number of hydrogen-bond donors (Lipinski definition) is 0. The molecule has 0 aliphatic carbocycles. The van der Waals surface area contributed by atoms with Crippen molar-refractivity contribution in [3.05, 3.63) is 65.0 Å². The predicted molar refractivity (Wildman–Crippen MR) is 82.4 cm³/mol. The van der Waals surface area contributed by atoms with Crippen LogP contribution in [-0.2, 0) is 6.42 Å². The predicted octanol–water partition coefficient (Wildman–Crippen LogP) is 3.77. The van der Waals surface area contributed by atoms with Crippen molar-refractivity contribution >= 4 is 11.5 Å². The van der Waals surface area contributed by atoms with E-state index < -0.39 is 0 Å². The van der Waals surface area contributed by atoms with Crippen molar-refractivity contribution in [1.29, 1.82) is 0 Å². The largest absolute Gasteiger partial charge is 0.370 e. The first-order valence-corrected chi connectivity index (χ1v) is 7.27. The Kier molecular flexibility index (Phi) is 3.74. The van der Waals surface area contributed by atoms with Gasteiger partial charge in [0.1, 0.15) is 5.82 Å². The van der Waals surface area contributed by atoms with Crippen molar-refractivity contribution in [2.45, 2.75) is 19.8 Å². The van der Waals surface area contributed by atoms with Crippen LogP contribution in [0.15, 0.2) is 42.5 Å². The molecule has 3 rings (SSSR count). The van der Waals surface area contributed by atoms with E-state index in [1.54, 1.807) is 6.07 Å².